The third-order valence-electron chi connectivity index (χ3n) is 5.20. The minimum atomic E-state index is -0.841. The molecule has 0 bridgehead atoms. The number of nitrogens with one attached hydrogen (secondary N) is 1. The summed E-state index contributed by atoms with van der Waals surface area (Å²) in [6, 6.07) is 13.3. The van der Waals surface area contributed by atoms with Crippen molar-refractivity contribution in [3.63, 3.8) is 0 Å². The van der Waals surface area contributed by atoms with Crippen LogP contribution in [-0.4, -0.2) is 40.1 Å². The average Bonchev–Trinajstić information content (AvgIpc) is 3.27. The zero-order chi connectivity index (χ0) is 29.0. The van der Waals surface area contributed by atoms with Crippen molar-refractivity contribution in [2.24, 2.45) is 4.99 Å². The van der Waals surface area contributed by atoms with Gasteiger partial charge in [-0.05, 0) is 48.0 Å². The van der Waals surface area contributed by atoms with Crippen molar-refractivity contribution in [3.05, 3.63) is 113 Å². The fraction of sp³-hybridized carbons (Fsp3) is 0.0400. The van der Waals surface area contributed by atoms with Crippen molar-refractivity contribution in [2.75, 3.05) is 6.54 Å². The Labute approximate surface area is 233 Å². The standard InChI is InChI=1S/C25H14Cl2N4O9/c26-17-6-4-14(10-20(17)30(35)36)23(33)28-12-22(32)39-16-3-1-2-13(8-16)9-19-25(34)40-24(29-19)15-5-7-18(27)21(11-15)31(37)38/h1-11H,12H2,(H,28,33)/b19-9-. The molecule has 0 aliphatic carbocycles. The monoisotopic (exact) mass is 584 g/mol. The molecule has 202 valence electrons. The number of rotatable bonds is 8. The number of carbonyl (C=O) groups is 3. The first kappa shape index (κ1) is 27.9. The van der Waals surface area contributed by atoms with Crippen LogP contribution in [0.2, 0.25) is 10.0 Å². The summed E-state index contributed by atoms with van der Waals surface area (Å²) < 4.78 is 10.3. The molecule has 0 atom stereocenters. The number of cyclic esters (lactones) is 1. The number of ether oxygens (including phenoxy) is 2. The van der Waals surface area contributed by atoms with E-state index in [2.05, 4.69) is 10.3 Å². The molecule has 0 unspecified atom stereocenters. The highest BCUT2D eigenvalue weighted by Crippen LogP contribution is 2.28. The lowest BCUT2D eigenvalue weighted by molar-refractivity contribution is -0.384. The van der Waals surface area contributed by atoms with Gasteiger partial charge in [-0.15, -0.1) is 0 Å². The summed E-state index contributed by atoms with van der Waals surface area (Å²) in [5.74, 6) is -2.47. The Morgan fingerprint density at radius 1 is 0.975 bits per heavy atom. The number of aliphatic imine (C=N–C) groups is 1. The van der Waals surface area contributed by atoms with Crippen molar-refractivity contribution in [2.45, 2.75) is 0 Å². The number of benzene rings is 3. The number of nitro groups is 2. The second kappa shape index (κ2) is 11.7. The first-order chi connectivity index (χ1) is 19.0. The van der Waals surface area contributed by atoms with Crippen LogP contribution in [-0.2, 0) is 14.3 Å². The van der Waals surface area contributed by atoms with Crippen LogP contribution in [0.5, 0.6) is 5.75 Å². The van der Waals surface area contributed by atoms with E-state index in [4.69, 9.17) is 32.7 Å². The van der Waals surface area contributed by atoms with Crippen LogP contribution in [0.3, 0.4) is 0 Å². The number of esters is 2. The minimum absolute atomic E-state index is 0.0749. The maximum absolute atomic E-state index is 12.3. The summed E-state index contributed by atoms with van der Waals surface area (Å²) in [6.07, 6.45) is 1.35. The molecule has 40 heavy (non-hydrogen) atoms. The molecule has 0 spiro atoms. The third-order valence-corrected chi connectivity index (χ3v) is 5.84. The van der Waals surface area contributed by atoms with E-state index in [-0.39, 0.29) is 44.2 Å². The molecule has 1 aliphatic rings. The highest BCUT2D eigenvalue weighted by atomic mass is 35.5. The zero-order valence-corrected chi connectivity index (χ0v) is 21.3. The lowest BCUT2D eigenvalue weighted by Gasteiger charge is -2.07. The Morgan fingerprint density at radius 3 is 2.35 bits per heavy atom. The molecule has 0 fully saturated rings. The highest BCUT2D eigenvalue weighted by molar-refractivity contribution is 6.33. The Morgan fingerprint density at radius 2 is 1.65 bits per heavy atom. The van der Waals surface area contributed by atoms with Crippen LogP contribution in [0, 0.1) is 20.2 Å². The topological polar surface area (TPSA) is 180 Å². The van der Waals surface area contributed by atoms with Gasteiger partial charge in [0, 0.05) is 23.3 Å². The van der Waals surface area contributed by atoms with Crippen molar-refractivity contribution >= 4 is 64.4 Å². The predicted octanol–water partition coefficient (Wildman–Crippen LogP) is 4.49. The van der Waals surface area contributed by atoms with Gasteiger partial charge < -0.3 is 14.8 Å². The lowest BCUT2D eigenvalue weighted by Crippen LogP contribution is -2.31. The fourth-order valence-corrected chi connectivity index (χ4v) is 3.73. The molecule has 0 saturated heterocycles. The summed E-state index contributed by atoms with van der Waals surface area (Å²) >= 11 is 11.5. The van der Waals surface area contributed by atoms with E-state index in [1.165, 1.54) is 48.5 Å². The number of hydrogen-bond donors (Lipinski definition) is 1. The Bertz CT molecular complexity index is 1650. The predicted molar refractivity (Wildman–Crippen MR) is 141 cm³/mol. The summed E-state index contributed by atoms with van der Waals surface area (Å²) in [7, 11) is 0. The molecule has 1 N–H and O–H groups in total. The van der Waals surface area contributed by atoms with E-state index in [0.717, 1.165) is 12.1 Å². The van der Waals surface area contributed by atoms with Crippen LogP contribution in [0.4, 0.5) is 11.4 Å². The van der Waals surface area contributed by atoms with Gasteiger partial charge in [-0.25, -0.2) is 14.6 Å². The summed E-state index contributed by atoms with van der Waals surface area (Å²) in [5.41, 5.74) is -0.447. The van der Waals surface area contributed by atoms with Gasteiger partial charge >= 0.3 is 11.9 Å². The zero-order valence-electron chi connectivity index (χ0n) is 19.8. The van der Waals surface area contributed by atoms with Gasteiger partial charge in [0.05, 0.1) is 9.85 Å². The van der Waals surface area contributed by atoms with E-state index < -0.39 is 39.9 Å². The highest BCUT2D eigenvalue weighted by Gasteiger charge is 2.26. The van der Waals surface area contributed by atoms with Crippen LogP contribution in [0.25, 0.3) is 6.08 Å². The molecular weight excluding hydrogens is 571 g/mol. The largest absolute Gasteiger partial charge is 0.425 e. The van der Waals surface area contributed by atoms with Gasteiger partial charge in [0.15, 0.2) is 5.70 Å². The van der Waals surface area contributed by atoms with Crippen LogP contribution < -0.4 is 10.1 Å². The summed E-state index contributed by atoms with van der Waals surface area (Å²) in [4.78, 5) is 61.6. The molecule has 0 radical (unpaired) electrons. The van der Waals surface area contributed by atoms with E-state index in [1.54, 1.807) is 6.07 Å². The van der Waals surface area contributed by atoms with E-state index >= 15 is 0 Å². The number of halogens is 2. The van der Waals surface area contributed by atoms with E-state index in [1.807, 2.05) is 0 Å². The molecular formula is C25H14Cl2N4O9. The summed E-state index contributed by atoms with van der Waals surface area (Å²) in [6.45, 7) is -0.548. The van der Waals surface area contributed by atoms with Gasteiger partial charge in [0.25, 0.3) is 17.3 Å². The molecule has 4 rings (SSSR count). The molecule has 3 aromatic carbocycles. The lowest BCUT2D eigenvalue weighted by atomic mass is 10.2. The van der Waals surface area contributed by atoms with Gasteiger partial charge in [0.2, 0.25) is 5.90 Å². The number of nitrogens with zero attached hydrogens (tertiary/aromatic N) is 3. The maximum Gasteiger partial charge on any atom is 0.363 e. The van der Waals surface area contributed by atoms with Crippen molar-refractivity contribution in [1.82, 2.24) is 5.32 Å². The number of carbonyl (C=O) groups excluding carboxylic acids is 3. The third kappa shape index (κ3) is 6.46. The number of amides is 1. The SMILES string of the molecule is O=C(CNC(=O)c1ccc(Cl)c([N+](=O)[O-])c1)Oc1cccc(/C=C2\N=C(c3ccc(Cl)c([N+](=O)[O-])c3)OC2=O)c1. The second-order valence-electron chi connectivity index (χ2n) is 7.91. The molecule has 1 heterocycles. The van der Waals surface area contributed by atoms with Crippen LogP contribution >= 0.6 is 23.2 Å². The molecule has 13 nitrogen and oxygen atoms in total. The number of hydrogen-bond acceptors (Lipinski definition) is 10. The van der Waals surface area contributed by atoms with Crippen molar-refractivity contribution in [3.8, 4) is 5.75 Å². The summed E-state index contributed by atoms with van der Waals surface area (Å²) in [5, 5.41) is 24.2. The molecule has 1 aliphatic heterocycles. The molecule has 1 amide bonds. The molecule has 0 aromatic heterocycles. The Kier molecular flexibility index (Phi) is 8.17. The van der Waals surface area contributed by atoms with Gasteiger partial charge in [-0.1, -0.05) is 35.3 Å². The normalized spacial score (nSPS) is 13.4. The van der Waals surface area contributed by atoms with Crippen LogP contribution in [0.1, 0.15) is 21.5 Å². The fourth-order valence-electron chi connectivity index (χ4n) is 3.36. The Hall–Kier alpha value is -5.14. The van der Waals surface area contributed by atoms with Gasteiger partial charge in [-0.3, -0.25) is 25.0 Å². The first-order valence-electron chi connectivity index (χ1n) is 11.0. The second-order valence-corrected chi connectivity index (χ2v) is 8.73. The smallest absolute Gasteiger partial charge is 0.363 e. The van der Waals surface area contributed by atoms with Crippen molar-refractivity contribution in [1.29, 1.82) is 0 Å². The van der Waals surface area contributed by atoms with Gasteiger partial charge in [-0.2, -0.15) is 0 Å². The van der Waals surface area contributed by atoms with Crippen molar-refractivity contribution < 1.29 is 33.7 Å². The Balaban J connectivity index is 1.42. The molecule has 15 heteroatoms. The van der Waals surface area contributed by atoms with Crippen LogP contribution in [0.15, 0.2) is 71.4 Å². The molecule has 0 saturated carbocycles. The first-order valence-corrected chi connectivity index (χ1v) is 11.8. The number of nitro benzene ring substituents is 2. The minimum Gasteiger partial charge on any atom is -0.425 e. The van der Waals surface area contributed by atoms with E-state index in [9.17, 15) is 34.6 Å². The van der Waals surface area contributed by atoms with E-state index in [0.29, 0.717) is 5.56 Å². The molecule has 3 aromatic rings. The maximum atomic E-state index is 12.3. The average molecular weight is 585 g/mol. The van der Waals surface area contributed by atoms with Gasteiger partial charge in [0.1, 0.15) is 22.3 Å². The quantitative estimate of drug-likeness (QED) is 0.131.